The molecule has 3 nitrogen and oxygen atoms in total. The van der Waals surface area contributed by atoms with E-state index in [1.165, 1.54) is 25.7 Å². The number of hydrogen-bond acceptors (Lipinski definition) is 3. The lowest BCUT2D eigenvalue weighted by atomic mass is 10.1. The second-order valence-corrected chi connectivity index (χ2v) is 5.14. The van der Waals surface area contributed by atoms with E-state index in [1.54, 1.807) is 6.08 Å². The van der Waals surface area contributed by atoms with Gasteiger partial charge in [-0.15, -0.1) is 0 Å². The highest BCUT2D eigenvalue weighted by molar-refractivity contribution is 5.46. The molecule has 2 rings (SSSR count). The zero-order valence-electron chi connectivity index (χ0n) is 12.4. The van der Waals surface area contributed by atoms with Crippen molar-refractivity contribution in [3.8, 4) is 11.5 Å². The minimum absolute atomic E-state index is 0.501. The molecule has 3 heteroatoms. The Balaban J connectivity index is 2.07. The van der Waals surface area contributed by atoms with E-state index < -0.39 is 0 Å². The third-order valence-electron chi connectivity index (χ3n) is 3.64. The van der Waals surface area contributed by atoms with E-state index in [-0.39, 0.29) is 0 Å². The van der Waals surface area contributed by atoms with Gasteiger partial charge in [0.05, 0.1) is 6.61 Å². The van der Waals surface area contributed by atoms with Gasteiger partial charge in [0.25, 0.3) is 0 Å². The summed E-state index contributed by atoms with van der Waals surface area (Å²) in [5.74, 6) is 1.67. The highest BCUT2D eigenvalue weighted by Crippen LogP contribution is 2.32. The molecule has 0 aliphatic heterocycles. The summed E-state index contributed by atoms with van der Waals surface area (Å²) in [6, 6.07) is 6.74. The molecular weight excluding hydrogens is 250 g/mol. The van der Waals surface area contributed by atoms with Crippen molar-refractivity contribution in [3.05, 3.63) is 36.4 Å². The fourth-order valence-electron chi connectivity index (χ4n) is 2.66. The lowest BCUT2D eigenvalue weighted by Crippen LogP contribution is -2.25. The van der Waals surface area contributed by atoms with Gasteiger partial charge in [-0.3, -0.25) is 0 Å². The highest BCUT2D eigenvalue weighted by atomic mass is 16.5. The molecule has 0 bridgehead atoms. The van der Waals surface area contributed by atoms with Gasteiger partial charge < -0.3 is 14.8 Å². The Kier molecular flexibility index (Phi) is 5.93. The number of hydrogen-bond donors (Lipinski definition) is 1. The maximum Gasteiger partial charge on any atom is 0.166 e. The van der Waals surface area contributed by atoms with Crippen molar-refractivity contribution in [1.82, 2.24) is 5.32 Å². The number of para-hydroxylation sites is 1. The van der Waals surface area contributed by atoms with Crippen molar-refractivity contribution in [3.63, 3.8) is 0 Å². The van der Waals surface area contributed by atoms with Crippen molar-refractivity contribution >= 4 is 0 Å². The largest absolute Gasteiger partial charge is 0.490 e. The molecule has 0 unspecified atom stereocenters. The van der Waals surface area contributed by atoms with Crippen LogP contribution in [0.5, 0.6) is 11.5 Å². The van der Waals surface area contributed by atoms with Gasteiger partial charge >= 0.3 is 0 Å². The Bertz CT molecular complexity index is 425. The molecule has 0 spiro atoms. The second kappa shape index (κ2) is 7.95. The zero-order chi connectivity index (χ0) is 14.2. The van der Waals surface area contributed by atoms with Gasteiger partial charge in [-0.25, -0.2) is 0 Å². The molecule has 1 aromatic carbocycles. The SMILES string of the molecule is C=CCOc1c(CNC2CCCC2)cccc1OCC. The Hall–Kier alpha value is -1.48. The standard InChI is InChI=1S/C17H25NO2/c1-3-12-20-17-14(8-7-11-16(17)19-4-2)13-18-15-9-5-6-10-15/h3,7-8,11,15,18H,1,4-6,9-10,12-13H2,2H3. The molecule has 1 aliphatic rings. The average Bonchev–Trinajstić information content (AvgIpc) is 2.97. The van der Waals surface area contributed by atoms with E-state index >= 15 is 0 Å². The Labute approximate surface area is 122 Å². The second-order valence-electron chi connectivity index (χ2n) is 5.14. The van der Waals surface area contributed by atoms with E-state index in [0.29, 0.717) is 19.3 Å². The summed E-state index contributed by atoms with van der Waals surface area (Å²) in [5, 5.41) is 3.62. The van der Waals surface area contributed by atoms with E-state index in [9.17, 15) is 0 Å². The van der Waals surface area contributed by atoms with Crippen molar-refractivity contribution in [2.24, 2.45) is 0 Å². The number of nitrogens with one attached hydrogen (secondary N) is 1. The van der Waals surface area contributed by atoms with Crippen molar-refractivity contribution in [1.29, 1.82) is 0 Å². The molecule has 0 amide bonds. The molecule has 0 atom stereocenters. The maximum atomic E-state index is 5.80. The molecular formula is C17H25NO2. The van der Waals surface area contributed by atoms with Gasteiger partial charge in [-0.2, -0.15) is 0 Å². The van der Waals surface area contributed by atoms with Crippen LogP contribution in [0.3, 0.4) is 0 Å². The van der Waals surface area contributed by atoms with Crippen LogP contribution in [0.1, 0.15) is 38.2 Å². The van der Waals surface area contributed by atoms with E-state index in [4.69, 9.17) is 9.47 Å². The molecule has 1 N–H and O–H groups in total. The van der Waals surface area contributed by atoms with Crippen molar-refractivity contribution in [2.45, 2.75) is 45.2 Å². The predicted molar refractivity (Wildman–Crippen MR) is 82.4 cm³/mol. The predicted octanol–water partition coefficient (Wildman–Crippen LogP) is 3.68. The van der Waals surface area contributed by atoms with E-state index in [1.807, 2.05) is 19.1 Å². The number of ether oxygens (including phenoxy) is 2. The minimum Gasteiger partial charge on any atom is -0.490 e. The topological polar surface area (TPSA) is 30.5 Å². The van der Waals surface area contributed by atoms with Crippen LogP contribution in [-0.2, 0) is 6.54 Å². The Morgan fingerprint density at radius 3 is 2.80 bits per heavy atom. The van der Waals surface area contributed by atoms with Gasteiger partial charge in [0, 0.05) is 18.2 Å². The molecule has 1 aromatic rings. The highest BCUT2D eigenvalue weighted by Gasteiger charge is 2.16. The van der Waals surface area contributed by atoms with Crippen LogP contribution in [0.2, 0.25) is 0 Å². The van der Waals surface area contributed by atoms with Crippen LogP contribution in [0.25, 0.3) is 0 Å². The summed E-state index contributed by atoms with van der Waals surface area (Å²) in [4.78, 5) is 0. The summed E-state index contributed by atoms with van der Waals surface area (Å²) < 4.78 is 11.5. The molecule has 0 radical (unpaired) electrons. The third kappa shape index (κ3) is 4.01. The summed E-state index contributed by atoms with van der Waals surface area (Å²) >= 11 is 0. The minimum atomic E-state index is 0.501. The Morgan fingerprint density at radius 2 is 2.10 bits per heavy atom. The quantitative estimate of drug-likeness (QED) is 0.734. The van der Waals surface area contributed by atoms with Crippen molar-refractivity contribution in [2.75, 3.05) is 13.2 Å². The first kappa shape index (κ1) is 14.9. The fourth-order valence-corrected chi connectivity index (χ4v) is 2.66. The molecule has 1 aliphatic carbocycles. The molecule has 20 heavy (non-hydrogen) atoms. The van der Waals surface area contributed by atoms with Gasteiger partial charge in [-0.1, -0.05) is 37.6 Å². The average molecular weight is 275 g/mol. The summed E-state index contributed by atoms with van der Waals surface area (Å²) in [6.45, 7) is 7.67. The summed E-state index contributed by atoms with van der Waals surface area (Å²) in [5.41, 5.74) is 1.16. The summed E-state index contributed by atoms with van der Waals surface area (Å²) in [7, 11) is 0. The molecule has 0 saturated heterocycles. The first-order valence-electron chi connectivity index (χ1n) is 7.57. The van der Waals surface area contributed by atoms with Gasteiger partial charge in [0.15, 0.2) is 11.5 Å². The molecule has 1 fully saturated rings. The first-order chi connectivity index (χ1) is 9.85. The molecule has 1 saturated carbocycles. The molecule has 0 heterocycles. The monoisotopic (exact) mass is 275 g/mol. The molecule has 0 aromatic heterocycles. The van der Waals surface area contributed by atoms with Gasteiger partial charge in [-0.05, 0) is 25.8 Å². The molecule has 110 valence electrons. The van der Waals surface area contributed by atoms with Crippen LogP contribution in [0.15, 0.2) is 30.9 Å². The smallest absolute Gasteiger partial charge is 0.166 e. The maximum absolute atomic E-state index is 5.80. The van der Waals surface area contributed by atoms with E-state index in [2.05, 4.69) is 18.0 Å². The number of benzene rings is 1. The lowest BCUT2D eigenvalue weighted by molar-refractivity contribution is 0.293. The Morgan fingerprint density at radius 1 is 1.30 bits per heavy atom. The normalized spacial score (nSPS) is 15.2. The van der Waals surface area contributed by atoms with Gasteiger partial charge in [0.2, 0.25) is 0 Å². The van der Waals surface area contributed by atoms with Crippen LogP contribution in [0, 0.1) is 0 Å². The van der Waals surface area contributed by atoms with Gasteiger partial charge in [0.1, 0.15) is 6.61 Å². The fraction of sp³-hybridized carbons (Fsp3) is 0.529. The van der Waals surface area contributed by atoms with Crippen LogP contribution in [0.4, 0.5) is 0 Å². The third-order valence-corrected chi connectivity index (χ3v) is 3.64. The lowest BCUT2D eigenvalue weighted by Gasteiger charge is -2.17. The number of rotatable bonds is 8. The van der Waals surface area contributed by atoms with Crippen LogP contribution >= 0.6 is 0 Å². The first-order valence-corrected chi connectivity index (χ1v) is 7.57. The van der Waals surface area contributed by atoms with Crippen LogP contribution in [-0.4, -0.2) is 19.3 Å². The van der Waals surface area contributed by atoms with E-state index in [0.717, 1.165) is 23.6 Å². The zero-order valence-corrected chi connectivity index (χ0v) is 12.4. The van der Waals surface area contributed by atoms with Crippen molar-refractivity contribution < 1.29 is 9.47 Å². The summed E-state index contributed by atoms with van der Waals surface area (Å²) in [6.07, 6.45) is 7.02. The van der Waals surface area contributed by atoms with Crippen LogP contribution < -0.4 is 14.8 Å².